The quantitative estimate of drug-likeness (QED) is 0.381. The number of methoxy groups -OCH3 is 1. The van der Waals surface area contributed by atoms with Crippen molar-refractivity contribution in [2.45, 2.75) is 57.7 Å². The van der Waals surface area contributed by atoms with Crippen LogP contribution in [0.5, 0.6) is 5.75 Å². The van der Waals surface area contributed by atoms with Crippen LogP contribution in [0, 0.1) is 12.8 Å². The lowest BCUT2D eigenvalue weighted by Crippen LogP contribution is -2.58. The summed E-state index contributed by atoms with van der Waals surface area (Å²) in [6, 6.07) is 6.40. The zero-order chi connectivity index (χ0) is 29.1. The van der Waals surface area contributed by atoms with Gasteiger partial charge in [0.25, 0.3) is 11.8 Å². The minimum Gasteiger partial charge on any atom is -0.497 e. The van der Waals surface area contributed by atoms with Gasteiger partial charge in [0.15, 0.2) is 0 Å². The van der Waals surface area contributed by atoms with Crippen molar-refractivity contribution in [1.82, 2.24) is 15.2 Å². The molecule has 2 aromatic rings. The van der Waals surface area contributed by atoms with Crippen molar-refractivity contribution in [2.24, 2.45) is 10.9 Å². The molecule has 40 heavy (non-hydrogen) atoms. The third-order valence-electron chi connectivity index (χ3n) is 6.88. The summed E-state index contributed by atoms with van der Waals surface area (Å²) in [4.78, 5) is 23.9. The molecule has 1 unspecified atom stereocenters. The van der Waals surface area contributed by atoms with E-state index in [0.717, 1.165) is 17.2 Å². The van der Waals surface area contributed by atoms with Gasteiger partial charge in [-0.3, -0.25) is 4.79 Å². The van der Waals surface area contributed by atoms with Gasteiger partial charge in [-0.15, -0.1) is 11.3 Å². The first-order chi connectivity index (χ1) is 18.9. The van der Waals surface area contributed by atoms with E-state index in [1.807, 2.05) is 0 Å². The van der Waals surface area contributed by atoms with Gasteiger partial charge in [0.05, 0.1) is 35.2 Å². The van der Waals surface area contributed by atoms with Gasteiger partial charge in [0.1, 0.15) is 17.3 Å². The van der Waals surface area contributed by atoms with E-state index in [2.05, 4.69) is 15.3 Å². The molecular weight excluding hydrogens is 551 g/mol. The Bertz CT molecular complexity index is 1320. The van der Waals surface area contributed by atoms with Crippen LogP contribution in [-0.2, 0) is 0 Å². The fourth-order valence-corrected chi connectivity index (χ4v) is 5.83. The Hall–Kier alpha value is -3.28. The first kappa shape index (κ1) is 29.7. The van der Waals surface area contributed by atoms with Gasteiger partial charge in [0.2, 0.25) is 0 Å². The van der Waals surface area contributed by atoms with Crippen molar-refractivity contribution in [2.75, 3.05) is 20.2 Å². The number of alkyl halides is 5. The number of allylic oxidation sites excluding steroid dienone is 3. The monoisotopic (exact) mass is 582 g/mol. The summed E-state index contributed by atoms with van der Waals surface area (Å²) in [5.74, 6) is -3.55. The largest absolute Gasteiger partial charge is 0.497 e. The van der Waals surface area contributed by atoms with Gasteiger partial charge < -0.3 is 15.0 Å². The Labute approximate surface area is 233 Å². The van der Waals surface area contributed by atoms with Crippen molar-refractivity contribution in [1.29, 1.82) is 0 Å². The standard InChI is InChI=1S/C28H31F5N4O2S/c1-17-13-27(29,30)16-37(22(17)15-35-23-11-6-4-5-9-20(14-34-23)28(31,32)33)26(38)24-25(40-18(2)36-24)19-8-7-10-21(12-19)39-3/h7-12,14,17,22,35H,4-6,13,15-16H2,1-3H3/b20-9-,23-11?,34-14?/t17-,22?/m1/s1. The number of benzene rings is 1. The molecule has 0 bridgehead atoms. The summed E-state index contributed by atoms with van der Waals surface area (Å²) in [5.41, 5.74) is -0.0859. The molecule has 0 spiro atoms. The highest BCUT2D eigenvalue weighted by Gasteiger charge is 2.47. The summed E-state index contributed by atoms with van der Waals surface area (Å²) in [6.45, 7) is 2.62. The van der Waals surface area contributed by atoms with Gasteiger partial charge in [0, 0.05) is 19.2 Å². The van der Waals surface area contributed by atoms with Crippen molar-refractivity contribution in [3.05, 3.63) is 58.5 Å². The number of halogens is 5. The first-order valence-corrected chi connectivity index (χ1v) is 13.8. The Morgan fingerprint density at radius 1 is 1.25 bits per heavy atom. The highest BCUT2D eigenvalue weighted by molar-refractivity contribution is 7.15. The number of aromatic nitrogens is 1. The van der Waals surface area contributed by atoms with Gasteiger partial charge in [-0.1, -0.05) is 25.1 Å². The third kappa shape index (κ3) is 7.07. The molecule has 3 heterocycles. The molecule has 216 valence electrons. The molecule has 4 rings (SSSR count). The van der Waals surface area contributed by atoms with Crippen LogP contribution >= 0.6 is 11.3 Å². The molecule has 6 nitrogen and oxygen atoms in total. The molecule has 1 amide bonds. The molecule has 1 aromatic carbocycles. The number of hydrogen-bond donors (Lipinski definition) is 1. The van der Waals surface area contributed by atoms with Gasteiger partial charge >= 0.3 is 6.18 Å². The number of carbonyl (C=O) groups is 1. The van der Waals surface area contributed by atoms with E-state index in [0.29, 0.717) is 34.0 Å². The van der Waals surface area contributed by atoms with Crippen molar-refractivity contribution < 1.29 is 31.5 Å². The van der Waals surface area contributed by atoms with E-state index in [-0.39, 0.29) is 24.5 Å². The lowest BCUT2D eigenvalue weighted by atomic mass is 9.88. The zero-order valence-corrected chi connectivity index (χ0v) is 23.2. The topological polar surface area (TPSA) is 66.8 Å². The van der Waals surface area contributed by atoms with Crippen LogP contribution in [0.25, 0.3) is 10.4 Å². The van der Waals surface area contributed by atoms with Crippen LogP contribution < -0.4 is 10.1 Å². The van der Waals surface area contributed by atoms with E-state index >= 15 is 0 Å². The zero-order valence-electron chi connectivity index (χ0n) is 22.4. The van der Waals surface area contributed by atoms with Crippen LogP contribution in [0.3, 0.4) is 0 Å². The number of piperidine rings is 1. The second-order valence-corrected chi connectivity index (χ2v) is 11.2. The van der Waals surface area contributed by atoms with Crippen molar-refractivity contribution >= 4 is 23.5 Å². The first-order valence-electron chi connectivity index (χ1n) is 12.9. The molecule has 2 aliphatic rings. The summed E-state index contributed by atoms with van der Waals surface area (Å²) in [6.07, 6.45) is -0.146. The molecule has 0 aliphatic carbocycles. The van der Waals surface area contributed by atoms with E-state index < -0.39 is 48.5 Å². The lowest BCUT2D eigenvalue weighted by Gasteiger charge is -2.43. The summed E-state index contributed by atoms with van der Waals surface area (Å²) in [7, 11) is 1.52. The normalized spacial score (nSPS) is 22.9. The molecule has 0 saturated carbocycles. The lowest BCUT2D eigenvalue weighted by molar-refractivity contribution is -0.0913. The summed E-state index contributed by atoms with van der Waals surface area (Å²) < 4.78 is 74.7. The second-order valence-electron chi connectivity index (χ2n) is 10.00. The summed E-state index contributed by atoms with van der Waals surface area (Å²) in [5, 5.41) is 3.62. The van der Waals surface area contributed by atoms with Crippen LogP contribution in [0.2, 0.25) is 0 Å². The molecule has 2 aliphatic heterocycles. The fraction of sp³-hybridized carbons (Fsp3) is 0.464. The number of carbonyl (C=O) groups excluding carboxylic acids is 1. The molecule has 12 heteroatoms. The second kappa shape index (κ2) is 12.1. The van der Waals surface area contributed by atoms with Crippen LogP contribution in [0.15, 0.2) is 52.8 Å². The Balaban J connectivity index is 1.61. The smallest absolute Gasteiger partial charge is 0.417 e. The highest BCUT2D eigenvalue weighted by atomic mass is 32.1. The predicted octanol–water partition coefficient (Wildman–Crippen LogP) is 6.79. The predicted molar refractivity (Wildman–Crippen MR) is 145 cm³/mol. The maximum Gasteiger partial charge on any atom is 0.417 e. The summed E-state index contributed by atoms with van der Waals surface area (Å²) >= 11 is 1.28. The number of nitrogens with zero attached hydrogens (tertiary/aromatic N) is 3. The highest BCUT2D eigenvalue weighted by Crippen LogP contribution is 2.38. The SMILES string of the molecule is COc1cccc(-c2sc(C)nc2C(=O)N2CC(F)(F)C[C@@H](C)C2CNC2=CCCC/C=C(\C(F)(F)F)C=N2)c1. The van der Waals surface area contributed by atoms with Gasteiger partial charge in [-0.25, -0.2) is 18.8 Å². The number of aliphatic imine (C=N–C) groups is 1. The molecule has 1 aromatic heterocycles. The van der Waals surface area contributed by atoms with E-state index in [9.17, 15) is 26.7 Å². The van der Waals surface area contributed by atoms with Crippen LogP contribution in [0.1, 0.15) is 48.1 Å². The maximum absolute atomic E-state index is 14.8. The molecular formula is C28H31F5N4O2S. The van der Waals surface area contributed by atoms with E-state index in [1.54, 1.807) is 44.2 Å². The number of ether oxygens (including phenoxy) is 1. The number of hydrogen-bond acceptors (Lipinski definition) is 6. The molecule has 0 radical (unpaired) electrons. The Kier molecular flexibility index (Phi) is 8.96. The molecule has 1 saturated heterocycles. The number of thiazole rings is 1. The van der Waals surface area contributed by atoms with Gasteiger partial charge in [-0.2, -0.15) is 13.2 Å². The third-order valence-corrected chi connectivity index (χ3v) is 7.90. The number of aryl methyl sites for hydroxylation is 1. The van der Waals surface area contributed by atoms with Crippen LogP contribution in [0.4, 0.5) is 22.0 Å². The molecule has 1 fully saturated rings. The number of likely N-dealkylation sites (tertiary alicyclic amines) is 1. The minimum atomic E-state index is -4.53. The van der Waals surface area contributed by atoms with Crippen molar-refractivity contribution in [3.8, 4) is 16.2 Å². The minimum absolute atomic E-state index is 0.0365. The maximum atomic E-state index is 14.8. The van der Waals surface area contributed by atoms with E-state index in [4.69, 9.17) is 4.74 Å². The molecule has 2 atom stereocenters. The van der Waals surface area contributed by atoms with Gasteiger partial charge in [-0.05, 0) is 55.9 Å². The average Bonchev–Trinajstić information content (AvgIpc) is 3.33. The number of rotatable bonds is 6. The Morgan fingerprint density at radius 3 is 2.73 bits per heavy atom. The Morgan fingerprint density at radius 2 is 2.00 bits per heavy atom. The average molecular weight is 583 g/mol. The number of nitrogens with one attached hydrogen (secondary N) is 1. The fourth-order valence-electron chi connectivity index (χ4n) is 4.92. The number of amides is 1. The molecule has 1 N–H and O–H groups in total. The van der Waals surface area contributed by atoms with Crippen LogP contribution in [-0.4, -0.2) is 60.3 Å². The van der Waals surface area contributed by atoms with Crippen molar-refractivity contribution in [3.63, 3.8) is 0 Å². The van der Waals surface area contributed by atoms with E-state index in [1.165, 1.54) is 18.4 Å².